The number of rotatable bonds is 1. The fraction of sp³-hybridized carbons (Fsp3) is 0.500. The van der Waals surface area contributed by atoms with Gasteiger partial charge in [0.2, 0.25) is 0 Å². The molecule has 2 fully saturated rings. The number of quaternary nitrogens is 1. The van der Waals surface area contributed by atoms with Gasteiger partial charge < -0.3 is 4.90 Å². The van der Waals surface area contributed by atoms with Crippen LogP contribution in [0, 0.1) is 12.9 Å². The Hall–Kier alpha value is -0.890. The van der Waals surface area contributed by atoms with Crippen LogP contribution in [0.15, 0.2) is 24.3 Å². The molecule has 2 saturated heterocycles. The van der Waals surface area contributed by atoms with Crippen LogP contribution < -0.4 is 4.90 Å². The first-order chi connectivity index (χ1) is 7.74. The minimum absolute atomic E-state index is 0.132. The number of hydrogen-bond donors (Lipinski definition) is 1. The highest BCUT2D eigenvalue weighted by molar-refractivity contribution is 5.21. The van der Waals surface area contributed by atoms with E-state index < -0.39 is 0 Å². The molecule has 3 rings (SSSR count). The van der Waals surface area contributed by atoms with Crippen LogP contribution in [0.5, 0.6) is 0 Å². The van der Waals surface area contributed by atoms with Gasteiger partial charge in [-0.25, -0.2) is 4.39 Å². The zero-order valence-corrected chi connectivity index (χ0v) is 9.45. The van der Waals surface area contributed by atoms with Crippen LogP contribution >= 0.6 is 0 Å². The Balaban J connectivity index is 1.80. The first-order valence-electron chi connectivity index (χ1n) is 6.18. The number of nitrogens with one attached hydrogen (secondary N) is 1. The molecule has 0 amide bonds. The van der Waals surface area contributed by atoms with Gasteiger partial charge in [-0.1, -0.05) is 12.1 Å². The third-order valence-corrected chi connectivity index (χ3v) is 4.39. The van der Waals surface area contributed by atoms with E-state index in [1.165, 1.54) is 36.1 Å². The zero-order chi connectivity index (χ0) is 11.1. The van der Waals surface area contributed by atoms with Crippen molar-refractivity contribution in [1.29, 1.82) is 0 Å². The van der Waals surface area contributed by atoms with Crippen LogP contribution in [0.1, 0.15) is 37.2 Å². The van der Waals surface area contributed by atoms with Crippen LogP contribution in [0.4, 0.5) is 4.39 Å². The topological polar surface area (TPSA) is 4.44 Å². The average molecular weight is 219 g/mol. The van der Waals surface area contributed by atoms with Gasteiger partial charge >= 0.3 is 0 Å². The Labute approximate surface area is 96.3 Å². The van der Waals surface area contributed by atoms with E-state index in [-0.39, 0.29) is 5.82 Å². The minimum atomic E-state index is -0.132. The maximum Gasteiger partial charge on any atom is 0.123 e. The molecule has 1 unspecified atom stereocenters. The molecule has 1 aromatic rings. The van der Waals surface area contributed by atoms with Crippen LogP contribution in [0.25, 0.3) is 0 Å². The van der Waals surface area contributed by atoms with Gasteiger partial charge in [0.15, 0.2) is 0 Å². The smallest absolute Gasteiger partial charge is 0.123 e. The highest BCUT2D eigenvalue weighted by atomic mass is 19.1. The third kappa shape index (κ3) is 1.65. The molecule has 0 aliphatic carbocycles. The number of fused-ring (bicyclic) bond motifs is 2. The summed E-state index contributed by atoms with van der Waals surface area (Å²) in [6, 6.07) is 8.53. The molecule has 1 aromatic carbocycles. The molecule has 1 N–H and O–H groups in total. The maximum atomic E-state index is 12.9. The first kappa shape index (κ1) is 10.3. The second-order valence-corrected chi connectivity index (χ2v) is 5.27. The molecule has 0 saturated carbocycles. The quantitative estimate of drug-likeness (QED) is 0.688. The number of halogens is 1. The Morgan fingerprint density at radius 3 is 2.19 bits per heavy atom. The van der Waals surface area contributed by atoms with Crippen molar-refractivity contribution in [3.63, 3.8) is 0 Å². The van der Waals surface area contributed by atoms with Gasteiger partial charge in [-0.3, -0.25) is 0 Å². The number of benzene rings is 1. The predicted octanol–water partition coefficient (Wildman–Crippen LogP) is 1.91. The molecule has 2 aliphatic rings. The van der Waals surface area contributed by atoms with E-state index in [2.05, 4.69) is 7.05 Å². The largest absolute Gasteiger partial charge is 0.463 e. The maximum absolute atomic E-state index is 12.9. The van der Waals surface area contributed by atoms with E-state index >= 15 is 0 Å². The molecule has 1 nitrogen and oxygen atoms in total. The lowest BCUT2D eigenvalue weighted by molar-refractivity contribution is -0.898. The van der Waals surface area contributed by atoms with Crippen molar-refractivity contribution in [3.05, 3.63) is 42.7 Å². The minimum Gasteiger partial charge on any atom is -0.463 e. The highest BCUT2D eigenvalue weighted by Gasteiger charge is 2.39. The summed E-state index contributed by atoms with van der Waals surface area (Å²) in [5.41, 5.74) is 1.31. The Bertz CT molecular complexity index is 359. The zero-order valence-electron chi connectivity index (χ0n) is 9.45. The molecule has 2 aliphatic heterocycles. The van der Waals surface area contributed by atoms with Gasteiger partial charge in [0.1, 0.15) is 5.82 Å². The average Bonchev–Trinajstić information content (AvgIpc) is 2.54. The molecule has 4 atom stereocenters. The van der Waals surface area contributed by atoms with Crippen LogP contribution in [-0.2, 0) is 0 Å². The summed E-state index contributed by atoms with van der Waals surface area (Å²) in [5, 5.41) is 0. The first-order valence-corrected chi connectivity index (χ1v) is 6.18. The van der Waals surface area contributed by atoms with Crippen LogP contribution in [-0.4, -0.2) is 12.1 Å². The van der Waals surface area contributed by atoms with E-state index in [1.807, 2.05) is 12.1 Å². The summed E-state index contributed by atoms with van der Waals surface area (Å²) < 4.78 is 12.9. The van der Waals surface area contributed by atoms with Gasteiger partial charge in [-0.05, 0) is 23.6 Å². The highest BCUT2D eigenvalue weighted by Crippen LogP contribution is 2.34. The van der Waals surface area contributed by atoms with Gasteiger partial charge in [-0.2, -0.15) is 7.05 Å². The van der Waals surface area contributed by atoms with Crippen molar-refractivity contribution in [2.75, 3.05) is 0 Å². The predicted molar refractivity (Wildman–Crippen MR) is 61.5 cm³/mol. The van der Waals surface area contributed by atoms with Crippen molar-refractivity contribution in [2.45, 2.75) is 43.7 Å². The molecule has 0 radical (unpaired) electrons. The third-order valence-electron chi connectivity index (χ3n) is 4.39. The molecule has 2 bridgehead atoms. The van der Waals surface area contributed by atoms with Gasteiger partial charge in [0.25, 0.3) is 0 Å². The fourth-order valence-electron chi connectivity index (χ4n) is 3.44. The van der Waals surface area contributed by atoms with Crippen molar-refractivity contribution < 1.29 is 9.29 Å². The second-order valence-electron chi connectivity index (χ2n) is 5.27. The SMILES string of the molecule is [CH2-][NH+]1[C@@H]2CC[C@H]1C[C@@H](c1ccc(F)cc1)C2. The van der Waals surface area contributed by atoms with E-state index in [0.29, 0.717) is 5.92 Å². The number of piperidine rings is 1. The summed E-state index contributed by atoms with van der Waals surface area (Å²) in [5.74, 6) is 0.496. The van der Waals surface area contributed by atoms with E-state index in [4.69, 9.17) is 0 Å². The molecule has 16 heavy (non-hydrogen) atoms. The monoisotopic (exact) mass is 219 g/mol. The molecular weight excluding hydrogens is 201 g/mol. The lowest BCUT2D eigenvalue weighted by Crippen LogP contribution is -3.13. The summed E-state index contributed by atoms with van der Waals surface area (Å²) in [6.07, 6.45) is 5.09. The summed E-state index contributed by atoms with van der Waals surface area (Å²) in [7, 11) is 4.22. The molecule has 0 spiro atoms. The molecule has 2 heteroatoms. The van der Waals surface area contributed by atoms with E-state index in [0.717, 1.165) is 12.1 Å². The van der Waals surface area contributed by atoms with E-state index in [9.17, 15) is 4.39 Å². The molecular formula is C14H18FN. The lowest BCUT2D eigenvalue weighted by atomic mass is 9.85. The van der Waals surface area contributed by atoms with Crippen molar-refractivity contribution >= 4 is 0 Å². The van der Waals surface area contributed by atoms with Crippen LogP contribution in [0.2, 0.25) is 0 Å². The standard InChI is InChI=1S/C14H18FN/c1-16-13-6-7-14(16)9-11(8-13)10-2-4-12(15)5-3-10/h2-5,11,13-14,16H,1,6-9H2/t11-,13+,14-. The Kier molecular flexibility index (Phi) is 2.47. The van der Waals surface area contributed by atoms with E-state index in [1.54, 1.807) is 12.1 Å². The summed E-state index contributed by atoms with van der Waals surface area (Å²) in [4.78, 5) is 1.48. The lowest BCUT2D eigenvalue weighted by Gasteiger charge is -2.38. The van der Waals surface area contributed by atoms with Gasteiger partial charge in [0, 0.05) is 25.7 Å². The van der Waals surface area contributed by atoms with Crippen molar-refractivity contribution in [2.24, 2.45) is 0 Å². The summed E-state index contributed by atoms with van der Waals surface area (Å²) in [6.45, 7) is 0. The Morgan fingerprint density at radius 1 is 1.06 bits per heavy atom. The Morgan fingerprint density at radius 2 is 1.62 bits per heavy atom. The molecule has 0 aromatic heterocycles. The molecule has 2 heterocycles. The summed E-state index contributed by atoms with van der Waals surface area (Å²) >= 11 is 0. The van der Waals surface area contributed by atoms with Gasteiger partial charge in [-0.15, -0.1) is 0 Å². The fourth-order valence-corrected chi connectivity index (χ4v) is 3.44. The van der Waals surface area contributed by atoms with Crippen molar-refractivity contribution in [1.82, 2.24) is 0 Å². The second kappa shape index (κ2) is 3.85. The van der Waals surface area contributed by atoms with Crippen molar-refractivity contribution in [3.8, 4) is 0 Å². The number of hydrogen-bond acceptors (Lipinski definition) is 0. The van der Waals surface area contributed by atoms with Crippen LogP contribution in [0.3, 0.4) is 0 Å². The normalized spacial score (nSPS) is 37.6. The molecule has 86 valence electrons. The van der Waals surface area contributed by atoms with Gasteiger partial charge in [0.05, 0.1) is 12.1 Å².